The Labute approximate surface area is 109 Å². The predicted octanol–water partition coefficient (Wildman–Crippen LogP) is 3.29. The smallest absolute Gasteiger partial charge is 0.127 e. The van der Waals surface area contributed by atoms with Gasteiger partial charge in [0.1, 0.15) is 5.82 Å². The van der Waals surface area contributed by atoms with E-state index in [1.807, 2.05) is 12.1 Å². The van der Waals surface area contributed by atoms with Crippen molar-refractivity contribution in [2.24, 2.45) is 5.92 Å². The number of halogens is 1. The molecule has 2 rings (SSSR count). The van der Waals surface area contributed by atoms with Gasteiger partial charge in [-0.15, -0.1) is 0 Å². The Morgan fingerprint density at radius 3 is 2.83 bits per heavy atom. The summed E-state index contributed by atoms with van der Waals surface area (Å²) in [4.78, 5) is 0. The third kappa shape index (κ3) is 3.09. The van der Waals surface area contributed by atoms with Gasteiger partial charge in [-0.1, -0.05) is 25.1 Å². The Kier molecular flexibility index (Phi) is 4.72. The standard InChI is InChI=1S/C15H22FNO/c1-3-15(13-6-4-5-7-14(13)16)17-10-12-8-9-18-11(12)2/h4-7,11-12,15,17H,3,8-10H2,1-2H3. The van der Waals surface area contributed by atoms with Crippen LogP contribution in [0.4, 0.5) is 4.39 Å². The van der Waals surface area contributed by atoms with E-state index < -0.39 is 0 Å². The molecule has 1 aromatic carbocycles. The van der Waals surface area contributed by atoms with Gasteiger partial charge >= 0.3 is 0 Å². The van der Waals surface area contributed by atoms with E-state index in [9.17, 15) is 4.39 Å². The molecule has 1 heterocycles. The molecule has 1 N–H and O–H groups in total. The van der Waals surface area contributed by atoms with E-state index in [1.54, 1.807) is 6.07 Å². The molecule has 100 valence electrons. The fraction of sp³-hybridized carbons (Fsp3) is 0.600. The van der Waals surface area contributed by atoms with Crippen molar-refractivity contribution < 1.29 is 9.13 Å². The average Bonchev–Trinajstić information content (AvgIpc) is 2.78. The predicted molar refractivity (Wildman–Crippen MR) is 71.0 cm³/mol. The highest BCUT2D eigenvalue weighted by Gasteiger charge is 2.25. The highest BCUT2D eigenvalue weighted by atomic mass is 19.1. The second kappa shape index (κ2) is 6.30. The zero-order valence-corrected chi connectivity index (χ0v) is 11.2. The van der Waals surface area contributed by atoms with E-state index in [4.69, 9.17) is 4.74 Å². The summed E-state index contributed by atoms with van der Waals surface area (Å²) in [6.07, 6.45) is 2.31. The van der Waals surface area contributed by atoms with Crippen LogP contribution in [0, 0.1) is 11.7 Å². The van der Waals surface area contributed by atoms with E-state index in [2.05, 4.69) is 19.2 Å². The molecule has 0 amide bonds. The monoisotopic (exact) mass is 251 g/mol. The summed E-state index contributed by atoms with van der Waals surface area (Å²) in [5, 5.41) is 3.48. The number of benzene rings is 1. The first-order valence-corrected chi connectivity index (χ1v) is 6.81. The first-order chi connectivity index (χ1) is 8.72. The highest BCUT2D eigenvalue weighted by Crippen LogP contribution is 2.23. The van der Waals surface area contributed by atoms with E-state index in [-0.39, 0.29) is 11.9 Å². The minimum atomic E-state index is -0.118. The Morgan fingerprint density at radius 2 is 2.22 bits per heavy atom. The number of hydrogen-bond donors (Lipinski definition) is 1. The zero-order valence-electron chi connectivity index (χ0n) is 11.2. The number of ether oxygens (including phenoxy) is 1. The Hall–Kier alpha value is -0.930. The van der Waals surface area contributed by atoms with Gasteiger partial charge < -0.3 is 10.1 Å². The molecule has 3 heteroatoms. The third-order valence-corrected chi connectivity index (χ3v) is 3.85. The SMILES string of the molecule is CCC(NCC1CCOC1C)c1ccccc1F. The molecular formula is C15H22FNO. The van der Waals surface area contributed by atoms with Gasteiger partial charge in [-0.05, 0) is 31.7 Å². The quantitative estimate of drug-likeness (QED) is 0.867. The molecule has 0 bridgehead atoms. The number of nitrogens with one attached hydrogen (secondary N) is 1. The molecule has 0 aromatic heterocycles. The minimum absolute atomic E-state index is 0.0963. The van der Waals surface area contributed by atoms with Crippen molar-refractivity contribution in [3.63, 3.8) is 0 Å². The second-order valence-corrected chi connectivity index (χ2v) is 5.02. The van der Waals surface area contributed by atoms with Gasteiger partial charge in [-0.25, -0.2) is 4.39 Å². The molecule has 1 aliphatic rings. The first kappa shape index (κ1) is 13.5. The lowest BCUT2D eigenvalue weighted by Crippen LogP contribution is -2.30. The largest absolute Gasteiger partial charge is 0.378 e. The van der Waals surface area contributed by atoms with Crippen molar-refractivity contribution in [2.75, 3.05) is 13.2 Å². The van der Waals surface area contributed by atoms with Crippen molar-refractivity contribution in [2.45, 2.75) is 38.8 Å². The molecule has 2 nitrogen and oxygen atoms in total. The molecule has 1 aliphatic heterocycles. The van der Waals surface area contributed by atoms with Crippen LogP contribution in [-0.2, 0) is 4.74 Å². The van der Waals surface area contributed by atoms with Crippen molar-refractivity contribution >= 4 is 0 Å². The third-order valence-electron chi connectivity index (χ3n) is 3.85. The van der Waals surface area contributed by atoms with Crippen LogP contribution in [0.1, 0.15) is 38.3 Å². The topological polar surface area (TPSA) is 21.3 Å². The fourth-order valence-corrected chi connectivity index (χ4v) is 2.57. The maximum absolute atomic E-state index is 13.7. The fourth-order valence-electron chi connectivity index (χ4n) is 2.57. The molecule has 18 heavy (non-hydrogen) atoms. The maximum atomic E-state index is 13.7. The molecule has 1 fully saturated rings. The van der Waals surface area contributed by atoms with Gasteiger partial charge in [0.25, 0.3) is 0 Å². The normalized spacial score (nSPS) is 25.3. The maximum Gasteiger partial charge on any atom is 0.127 e. The van der Waals surface area contributed by atoms with Crippen LogP contribution in [0.15, 0.2) is 24.3 Å². The summed E-state index contributed by atoms with van der Waals surface area (Å²) in [6.45, 7) is 5.94. The van der Waals surface area contributed by atoms with Crippen molar-refractivity contribution in [1.82, 2.24) is 5.32 Å². The van der Waals surface area contributed by atoms with Gasteiger partial charge in [0.2, 0.25) is 0 Å². The van der Waals surface area contributed by atoms with Gasteiger partial charge in [0, 0.05) is 24.8 Å². The Morgan fingerprint density at radius 1 is 1.44 bits per heavy atom. The summed E-state index contributed by atoms with van der Waals surface area (Å²) in [5.74, 6) is 0.429. The van der Waals surface area contributed by atoms with Crippen LogP contribution in [0.5, 0.6) is 0 Å². The average molecular weight is 251 g/mol. The van der Waals surface area contributed by atoms with Gasteiger partial charge in [-0.3, -0.25) is 0 Å². The molecular weight excluding hydrogens is 229 g/mol. The van der Waals surface area contributed by atoms with Crippen LogP contribution >= 0.6 is 0 Å². The van der Waals surface area contributed by atoms with E-state index in [0.29, 0.717) is 12.0 Å². The Balaban J connectivity index is 1.95. The van der Waals surface area contributed by atoms with Crippen LogP contribution in [0.2, 0.25) is 0 Å². The van der Waals surface area contributed by atoms with Crippen LogP contribution < -0.4 is 5.32 Å². The van der Waals surface area contributed by atoms with Crippen molar-refractivity contribution in [3.8, 4) is 0 Å². The van der Waals surface area contributed by atoms with Crippen molar-refractivity contribution in [3.05, 3.63) is 35.6 Å². The highest BCUT2D eigenvalue weighted by molar-refractivity contribution is 5.21. The molecule has 1 aromatic rings. The van der Waals surface area contributed by atoms with Crippen molar-refractivity contribution in [1.29, 1.82) is 0 Å². The molecule has 3 unspecified atom stereocenters. The number of hydrogen-bond acceptors (Lipinski definition) is 2. The Bertz CT molecular complexity index is 383. The van der Waals surface area contributed by atoms with E-state index >= 15 is 0 Å². The van der Waals surface area contributed by atoms with E-state index in [0.717, 1.165) is 31.6 Å². The molecule has 0 radical (unpaired) electrons. The van der Waals surface area contributed by atoms with Gasteiger partial charge in [0.15, 0.2) is 0 Å². The summed E-state index contributed by atoms with van der Waals surface area (Å²) < 4.78 is 19.3. The summed E-state index contributed by atoms with van der Waals surface area (Å²) in [7, 11) is 0. The van der Waals surface area contributed by atoms with Gasteiger partial charge in [-0.2, -0.15) is 0 Å². The summed E-state index contributed by atoms with van der Waals surface area (Å²) >= 11 is 0. The molecule has 0 spiro atoms. The van der Waals surface area contributed by atoms with E-state index in [1.165, 1.54) is 6.07 Å². The molecule has 1 saturated heterocycles. The minimum Gasteiger partial charge on any atom is -0.378 e. The summed E-state index contributed by atoms with van der Waals surface area (Å²) in [6, 6.07) is 7.12. The lowest BCUT2D eigenvalue weighted by molar-refractivity contribution is 0.105. The summed E-state index contributed by atoms with van der Waals surface area (Å²) in [5.41, 5.74) is 0.770. The lowest BCUT2D eigenvalue weighted by atomic mass is 9.99. The molecule has 3 atom stereocenters. The van der Waals surface area contributed by atoms with Crippen LogP contribution in [-0.4, -0.2) is 19.3 Å². The molecule has 0 saturated carbocycles. The lowest BCUT2D eigenvalue weighted by Gasteiger charge is -2.22. The van der Waals surface area contributed by atoms with Crippen LogP contribution in [0.25, 0.3) is 0 Å². The first-order valence-electron chi connectivity index (χ1n) is 6.81. The second-order valence-electron chi connectivity index (χ2n) is 5.02. The van der Waals surface area contributed by atoms with Gasteiger partial charge in [0.05, 0.1) is 6.10 Å². The molecule has 0 aliphatic carbocycles. The number of rotatable bonds is 5. The van der Waals surface area contributed by atoms with Crippen LogP contribution in [0.3, 0.4) is 0 Å². The zero-order chi connectivity index (χ0) is 13.0.